The number of nitro groups is 1. The third-order valence-corrected chi connectivity index (χ3v) is 4.12. The van der Waals surface area contributed by atoms with Crippen molar-refractivity contribution < 1.29 is 32.7 Å². The Labute approximate surface area is 154 Å². The van der Waals surface area contributed by atoms with Crippen LogP contribution in [0.1, 0.15) is 5.56 Å². The van der Waals surface area contributed by atoms with Gasteiger partial charge in [-0.05, 0) is 29.3 Å². The smallest absolute Gasteiger partial charge is 0.430 e. The topological polar surface area (TPSA) is 89.7 Å². The lowest BCUT2D eigenvalue weighted by Crippen LogP contribution is -2.40. The predicted octanol–water partition coefficient (Wildman–Crippen LogP) is 4.71. The molecule has 140 valence electrons. The highest BCUT2D eigenvalue weighted by Gasteiger charge is 2.48. The number of benzene rings is 2. The Morgan fingerprint density at radius 2 is 1.93 bits per heavy atom. The van der Waals surface area contributed by atoms with E-state index in [4.69, 9.17) is 21.4 Å². The zero-order chi connectivity index (χ0) is 19.9. The van der Waals surface area contributed by atoms with E-state index in [0.29, 0.717) is 11.1 Å². The van der Waals surface area contributed by atoms with Gasteiger partial charge in [0.1, 0.15) is 5.75 Å². The first-order valence-electron chi connectivity index (χ1n) is 7.34. The van der Waals surface area contributed by atoms with Crippen LogP contribution in [0.15, 0.2) is 42.0 Å². The number of halogens is 4. The fraction of sp³-hybridized carbons (Fsp3) is 0.118. The van der Waals surface area contributed by atoms with Crippen LogP contribution in [-0.4, -0.2) is 28.3 Å². The highest BCUT2D eigenvalue weighted by atomic mass is 35.5. The molecular formula is C17H9ClF3NO5. The maximum atomic E-state index is 13.1. The molecule has 0 radical (unpaired) electrons. The molecule has 1 atom stereocenters. The molecule has 0 spiro atoms. The summed E-state index contributed by atoms with van der Waals surface area (Å²) < 4.78 is 44.2. The van der Waals surface area contributed by atoms with Crippen LogP contribution in [0, 0.1) is 10.1 Å². The van der Waals surface area contributed by atoms with Crippen molar-refractivity contribution in [3.8, 4) is 16.9 Å². The first kappa shape index (κ1) is 18.7. The third-order valence-electron chi connectivity index (χ3n) is 3.84. The van der Waals surface area contributed by atoms with Gasteiger partial charge in [-0.3, -0.25) is 10.1 Å². The van der Waals surface area contributed by atoms with Gasteiger partial charge in [0, 0.05) is 17.7 Å². The lowest BCUT2D eigenvalue weighted by atomic mass is 9.97. The van der Waals surface area contributed by atoms with E-state index < -0.39 is 28.7 Å². The maximum absolute atomic E-state index is 13.1. The summed E-state index contributed by atoms with van der Waals surface area (Å²) in [6, 6.07) is 8.19. The molecule has 10 heteroatoms. The zero-order valence-electron chi connectivity index (χ0n) is 13.2. The Hall–Kier alpha value is -3.07. The van der Waals surface area contributed by atoms with Gasteiger partial charge in [-0.1, -0.05) is 23.7 Å². The van der Waals surface area contributed by atoms with Crippen molar-refractivity contribution in [2.24, 2.45) is 0 Å². The Morgan fingerprint density at radius 1 is 1.22 bits per heavy atom. The summed E-state index contributed by atoms with van der Waals surface area (Å²) in [5.41, 5.74) is -0.393. The first-order valence-corrected chi connectivity index (χ1v) is 7.72. The molecule has 1 unspecified atom stereocenters. The standard InChI is InChI=1S/C17H9ClF3NO5/c18-13-7-9(8-2-1-3-11(5-8)22(25)26)4-10-6-12(16(23)24)15(17(19,20)21)27-14(10)13/h1-7,15H,(H,23,24). The number of ether oxygens (including phenoxy) is 1. The molecule has 0 bridgehead atoms. The quantitative estimate of drug-likeness (QED) is 0.596. The summed E-state index contributed by atoms with van der Waals surface area (Å²) >= 11 is 6.04. The van der Waals surface area contributed by atoms with Gasteiger partial charge in [-0.25, -0.2) is 4.79 Å². The fourth-order valence-electron chi connectivity index (χ4n) is 2.65. The van der Waals surface area contributed by atoms with Crippen LogP contribution < -0.4 is 4.74 Å². The molecule has 1 heterocycles. The number of fused-ring (bicyclic) bond motifs is 1. The fourth-order valence-corrected chi connectivity index (χ4v) is 2.92. The molecule has 0 amide bonds. The van der Waals surface area contributed by atoms with Crippen LogP contribution in [0.25, 0.3) is 17.2 Å². The number of aliphatic carboxylic acids is 1. The van der Waals surface area contributed by atoms with E-state index in [0.717, 1.165) is 6.08 Å². The molecule has 0 saturated carbocycles. The minimum atomic E-state index is -4.94. The number of nitrogens with zero attached hydrogens (tertiary/aromatic N) is 1. The molecule has 6 nitrogen and oxygen atoms in total. The maximum Gasteiger partial charge on any atom is 0.430 e. The monoisotopic (exact) mass is 399 g/mol. The van der Waals surface area contributed by atoms with Gasteiger partial charge >= 0.3 is 12.1 Å². The molecule has 2 aromatic carbocycles. The number of carbonyl (C=O) groups is 1. The van der Waals surface area contributed by atoms with E-state index in [1.807, 2.05) is 0 Å². The summed E-state index contributed by atoms with van der Waals surface area (Å²) in [4.78, 5) is 21.5. The molecule has 1 N–H and O–H groups in total. The summed E-state index contributed by atoms with van der Waals surface area (Å²) in [6.45, 7) is 0. The van der Waals surface area contributed by atoms with Gasteiger partial charge < -0.3 is 9.84 Å². The normalized spacial score (nSPS) is 16.1. The number of nitro benzene ring substituents is 1. The molecule has 0 aliphatic carbocycles. The number of non-ortho nitro benzene ring substituents is 1. The zero-order valence-corrected chi connectivity index (χ0v) is 13.9. The van der Waals surface area contributed by atoms with Gasteiger partial charge in [0.2, 0.25) is 6.10 Å². The molecule has 0 saturated heterocycles. The van der Waals surface area contributed by atoms with E-state index in [1.54, 1.807) is 6.07 Å². The van der Waals surface area contributed by atoms with Crippen LogP contribution in [0.5, 0.6) is 5.75 Å². The second-order valence-electron chi connectivity index (χ2n) is 5.63. The molecule has 27 heavy (non-hydrogen) atoms. The third kappa shape index (κ3) is 3.59. The van der Waals surface area contributed by atoms with E-state index in [-0.39, 0.29) is 22.0 Å². The van der Waals surface area contributed by atoms with Crippen LogP contribution in [0.4, 0.5) is 18.9 Å². The number of hydrogen-bond acceptors (Lipinski definition) is 4. The van der Waals surface area contributed by atoms with Crippen molar-refractivity contribution in [1.82, 2.24) is 0 Å². The molecule has 1 aliphatic rings. The van der Waals surface area contributed by atoms with Crippen molar-refractivity contribution in [3.05, 3.63) is 62.7 Å². The SMILES string of the molecule is O=C(O)C1=Cc2cc(-c3cccc([N+](=O)[O-])c3)cc(Cl)c2OC1C(F)(F)F. The summed E-state index contributed by atoms with van der Waals surface area (Å²) in [7, 11) is 0. The van der Waals surface area contributed by atoms with Crippen LogP contribution >= 0.6 is 11.6 Å². The van der Waals surface area contributed by atoms with Crippen molar-refractivity contribution >= 4 is 29.3 Å². The Kier molecular flexibility index (Phi) is 4.56. The lowest BCUT2D eigenvalue weighted by molar-refractivity contribution is -0.384. The van der Waals surface area contributed by atoms with Crippen molar-refractivity contribution in [2.45, 2.75) is 12.3 Å². The molecule has 0 aromatic heterocycles. The summed E-state index contributed by atoms with van der Waals surface area (Å²) in [6.07, 6.45) is -6.75. The van der Waals surface area contributed by atoms with E-state index >= 15 is 0 Å². The number of carboxylic acids is 1. The number of carboxylic acid groups (broad SMARTS) is 1. The number of alkyl halides is 3. The van der Waals surface area contributed by atoms with Gasteiger partial charge in [0.25, 0.3) is 5.69 Å². The average molecular weight is 400 g/mol. The largest absolute Gasteiger partial charge is 0.478 e. The van der Waals surface area contributed by atoms with Gasteiger partial charge in [0.15, 0.2) is 0 Å². The molecule has 3 rings (SSSR count). The van der Waals surface area contributed by atoms with Gasteiger partial charge in [-0.2, -0.15) is 13.2 Å². The molecular weight excluding hydrogens is 391 g/mol. The second kappa shape index (κ2) is 6.58. The molecule has 0 fully saturated rings. The van der Waals surface area contributed by atoms with E-state index in [1.165, 1.54) is 30.3 Å². The molecule has 1 aliphatic heterocycles. The Balaban J connectivity index is 2.14. The average Bonchev–Trinajstić information content (AvgIpc) is 2.59. The summed E-state index contributed by atoms with van der Waals surface area (Å²) in [5, 5.41) is 19.8. The Bertz CT molecular complexity index is 987. The van der Waals surface area contributed by atoms with Crippen LogP contribution in [0.3, 0.4) is 0 Å². The highest BCUT2D eigenvalue weighted by molar-refractivity contribution is 6.32. The number of hydrogen-bond donors (Lipinski definition) is 1. The van der Waals surface area contributed by atoms with Gasteiger partial charge in [-0.15, -0.1) is 0 Å². The van der Waals surface area contributed by atoms with Crippen LogP contribution in [-0.2, 0) is 4.79 Å². The predicted molar refractivity (Wildman–Crippen MR) is 89.6 cm³/mol. The van der Waals surface area contributed by atoms with Crippen molar-refractivity contribution in [1.29, 1.82) is 0 Å². The van der Waals surface area contributed by atoms with Crippen molar-refractivity contribution in [2.75, 3.05) is 0 Å². The number of rotatable bonds is 3. The van der Waals surface area contributed by atoms with Crippen molar-refractivity contribution in [3.63, 3.8) is 0 Å². The van der Waals surface area contributed by atoms with E-state index in [9.17, 15) is 28.1 Å². The lowest BCUT2D eigenvalue weighted by Gasteiger charge is -2.28. The first-order chi connectivity index (χ1) is 12.6. The summed E-state index contributed by atoms with van der Waals surface area (Å²) in [5.74, 6) is -2.09. The van der Waals surface area contributed by atoms with Gasteiger partial charge in [0.05, 0.1) is 15.5 Å². The second-order valence-corrected chi connectivity index (χ2v) is 6.04. The highest BCUT2D eigenvalue weighted by Crippen LogP contribution is 2.43. The molecule has 2 aromatic rings. The Morgan fingerprint density at radius 3 is 2.52 bits per heavy atom. The van der Waals surface area contributed by atoms with E-state index in [2.05, 4.69) is 0 Å². The minimum Gasteiger partial charge on any atom is -0.478 e. The van der Waals surface area contributed by atoms with Crippen LogP contribution in [0.2, 0.25) is 5.02 Å². The minimum absolute atomic E-state index is 0.0295.